The van der Waals surface area contributed by atoms with E-state index in [9.17, 15) is 14.4 Å². The molecule has 1 heterocycles. The number of fused-ring (bicyclic) bond motifs is 1. The second-order valence-electron chi connectivity index (χ2n) is 7.55. The van der Waals surface area contributed by atoms with Gasteiger partial charge in [0, 0.05) is 0 Å². The third-order valence-corrected chi connectivity index (χ3v) is 5.80. The average Bonchev–Trinajstić information content (AvgIpc) is 3.45. The van der Waals surface area contributed by atoms with Crippen molar-refractivity contribution in [1.82, 2.24) is 10.2 Å². The Hall–Kier alpha value is -2.17. The number of likely N-dealkylation sites (tertiary alicyclic amines) is 1. The summed E-state index contributed by atoms with van der Waals surface area (Å²) in [5, 5.41) is 3.06. The highest BCUT2D eigenvalue weighted by Gasteiger charge is 2.48. The summed E-state index contributed by atoms with van der Waals surface area (Å²) in [7, 11) is 0. The first kappa shape index (κ1) is 16.3. The van der Waals surface area contributed by atoms with Crippen LogP contribution in [-0.2, 0) is 14.4 Å². The highest BCUT2D eigenvalue weighted by molar-refractivity contribution is 6.07. The van der Waals surface area contributed by atoms with E-state index in [0.717, 1.165) is 44.1 Å². The van der Waals surface area contributed by atoms with E-state index in [1.165, 1.54) is 4.90 Å². The van der Waals surface area contributed by atoms with Gasteiger partial charge in [0.15, 0.2) is 0 Å². The molecule has 3 fully saturated rings. The molecule has 1 N–H and O–H groups in total. The molecule has 0 radical (unpaired) electrons. The lowest BCUT2D eigenvalue weighted by atomic mass is 9.81. The van der Waals surface area contributed by atoms with E-state index in [-0.39, 0.29) is 42.1 Å². The SMILES string of the molecule is O=C(CN1C(=O)C2CCCCC2C1=O)NC(c1ccccc1)C1CC1. The van der Waals surface area contributed by atoms with Crippen molar-refractivity contribution in [3.63, 3.8) is 0 Å². The summed E-state index contributed by atoms with van der Waals surface area (Å²) in [6, 6.07) is 9.90. The Morgan fingerprint density at radius 3 is 2.16 bits per heavy atom. The lowest BCUT2D eigenvalue weighted by Gasteiger charge is -2.21. The van der Waals surface area contributed by atoms with Crippen LogP contribution in [0, 0.1) is 17.8 Å². The first-order valence-corrected chi connectivity index (χ1v) is 9.34. The first-order chi connectivity index (χ1) is 12.1. The quantitative estimate of drug-likeness (QED) is 0.837. The minimum absolute atomic E-state index is 0.0243. The number of carbonyl (C=O) groups excluding carboxylic acids is 3. The zero-order valence-corrected chi connectivity index (χ0v) is 14.3. The van der Waals surface area contributed by atoms with Gasteiger partial charge in [-0.25, -0.2) is 0 Å². The second-order valence-corrected chi connectivity index (χ2v) is 7.55. The number of rotatable bonds is 5. The number of nitrogens with zero attached hydrogens (tertiary/aromatic N) is 1. The monoisotopic (exact) mass is 340 g/mol. The Bertz CT molecular complexity index is 659. The molecule has 5 nitrogen and oxygen atoms in total. The number of hydrogen-bond acceptors (Lipinski definition) is 3. The van der Waals surface area contributed by atoms with Crippen molar-refractivity contribution in [3.8, 4) is 0 Å². The van der Waals surface area contributed by atoms with Gasteiger partial charge >= 0.3 is 0 Å². The topological polar surface area (TPSA) is 66.5 Å². The van der Waals surface area contributed by atoms with Crippen molar-refractivity contribution >= 4 is 17.7 Å². The third-order valence-electron chi connectivity index (χ3n) is 5.80. The van der Waals surface area contributed by atoms with Crippen LogP contribution in [0.2, 0.25) is 0 Å². The first-order valence-electron chi connectivity index (χ1n) is 9.34. The maximum absolute atomic E-state index is 12.6. The lowest BCUT2D eigenvalue weighted by Crippen LogP contribution is -2.42. The van der Waals surface area contributed by atoms with Gasteiger partial charge in [0.25, 0.3) is 0 Å². The molecule has 2 saturated carbocycles. The summed E-state index contributed by atoms with van der Waals surface area (Å²) >= 11 is 0. The molecule has 3 amide bonds. The highest BCUT2D eigenvalue weighted by atomic mass is 16.2. The largest absolute Gasteiger partial charge is 0.347 e. The Morgan fingerprint density at radius 1 is 1.00 bits per heavy atom. The summed E-state index contributed by atoms with van der Waals surface area (Å²) in [5.41, 5.74) is 1.09. The molecule has 0 spiro atoms. The van der Waals surface area contributed by atoms with Crippen LogP contribution in [0.4, 0.5) is 0 Å². The van der Waals surface area contributed by atoms with Crippen LogP contribution in [-0.4, -0.2) is 29.2 Å². The van der Waals surface area contributed by atoms with Gasteiger partial charge in [-0.3, -0.25) is 19.3 Å². The van der Waals surface area contributed by atoms with Gasteiger partial charge in [-0.2, -0.15) is 0 Å². The van der Waals surface area contributed by atoms with Crippen LogP contribution >= 0.6 is 0 Å². The molecule has 3 aliphatic rings. The molecule has 3 atom stereocenters. The summed E-state index contributed by atoms with van der Waals surface area (Å²) in [6.07, 6.45) is 5.76. The van der Waals surface area contributed by atoms with Crippen molar-refractivity contribution in [2.75, 3.05) is 6.54 Å². The fraction of sp³-hybridized carbons (Fsp3) is 0.550. The smallest absolute Gasteiger partial charge is 0.240 e. The molecule has 1 saturated heterocycles. The summed E-state index contributed by atoms with van der Waals surface area (Å²) in [6.45, 7) is -0.138. The van der Waals surface area contributed by atoms with E-state index in [0.29, 0.717) is 5.92 Å². The van der Waals surface area contributed by atoms with Crippen molar-refractivity contribution in [1.29, 1.82) is 0 Å². The van der Waals surface area contributed by atoms with E-state index in [2.05, 4.69) is 5.32 Å². The van der Waals surface area contributed by atoms with Gasteiger partial charge in [-0.05, 0) is 37.2 Å². The van der Waals surface area contributed by atoms with Crippen LogP contribution in [0.5, 0.6) is 0 Å². The molecule has 132 valence electrons. The van der Waals surface area contributed by atoms with Crippen molar-refractivity contribution in [2.24, 2.45) is 17.8 Å². The van der Waals surface area contributed by atoms with E-state index in [4.69, 9.17) is 0 Å². The summed E-state index contributed by atoms with van der Waals surface area (Å²) in [5.74, 6) is -0.454. The zero-order chi connectivity index (χ0) is 17.4. The fourth-order valence-electron chi connectivity index (χ4n) is 4.31. The Balaban J connectivity index is 1.43. The van der Waals surface area contributed by atoms with Crippen molar-refractivity contribution in [3.05, 3.63) is 35.9 Å². The number of benzene rings is 1. The van der Waals surface area contributed by atoms with Gasteiger partial charge in [-0.15, -0.1) is 0 Å². The molecule has 1 aliphatic heterocycles. The molecule has 1 aromatic rings. The molecule has 25 heavy (non-hydrogen) atoms. The Morgan fingerprint density at radius 2 is 1.60 bits per heavy atom. The zero-order valence-electron chi connectivity index (χ0n) is 14.3. The van der Waals surface area contributed by atoms with Gasteiger partial charge in [0.05, 0.1) is 17.9 Å². The van der Waals surface area contributed by atoms with Gasteiger partial charge < -0.3 is 5.32 Å². The molecule has 1 aromatic carbocycles. The summed E-state index contributed by atoms with van der Waals surface area (Å²) < 4.78 is 0. The predicted molar refractivity (Wildman–Crippen MR) is 92.2 cm³/mol. The number of hydrogen-bond donors (Lipinski definition) is 1. The Kier molecular flexibility index (Phi) is 4.32. The molecule has 5 heteroatoms. The van der Waals surface area contributed by atoms with Crippen LogP contribution in [0.15, 0.2) is 30.3 Å². The minimum atomic E-state index is -0.235. The predicted octanol–water partition coefficient (Wildman–Crippen LogP) is 2.43. The number of imide groups is 1. The van der Waals surface area contributed by atoms with Crippen molar-refractivity contribution < 1.29 is 14.4 Å². The second kappa shape index (κ2) is 6.62. The van der Waals surface area contributed by atoms with Crippen LogP contribution in [0.25, 0.3) is 0 Å². The molecular weight excluding hydrogens is 316 g/mol. The number of carbonyl (C=O) groups is 3. The summed E-state index contributed by atoms with van der Waals surface area (Å²) in [4.78, 5) is 38.8. The van der Waals surface area contributed by atoms with Gasteiger partial charge in [0.2, 0.25) is 17.7 Å². The maximum Gasteiger partial charge on any atom is 0.240 e. The average molecular weight is 340 g/mol. The fourth-order valence-corrected chi connectivity index (χ4v) is 4.31. The van der Waals surface area contributed by atoms with E-state index in [1.54, 1.807) is 0 Å². The van der Waals surface area contributed by atoms with Crippen LogP contribution in [0.3, 0.4) is 0 Å². The number of nitrogens with one attached hydrogen (secondary N) is 1. The maximum atomic E-state index is 12.6. The van der Waals surface area contributed by atoms with Crippen LogP contribution < -0.4 is 5.32 Å². The molecule has 2 aliphatic carbocycles. The lowest BCUT2D eigenvalue weighted by molar-refractivity contribution is -0.143. The molecule has 3 unspecified atom stereocenters. The van der Waals surface area contributed by atoms with Gasteiger partial charge in [-0.1, -0.05) is 43.2 Å². The van der Waals surface area contributed by atoms with E-state index >= 15 is 0 Å². The minimum Gasteiger partial charge on any atom is -0.347 e. The normalized spacial score (nSPS) is 27.1. The molecule has 0 aromatic heterocycles. The Labute approximate surface area is 147 Å². The van der Waals surface area contributed by atoms with Crippen LogP contribution in [0.1, 0.15) is 50.1 Å². The molecule has 0 bridgehead atoms. The number of amides is 3. The highest BCUT2D eigenvalue weighted by Crippen LogP contribution is 2.41. The standard InChI is InChI=1S/C20H24N2O3/c23-17(21-18(14-10-11-14)13-6-2-1-3-7-13)12-22-19(24)15-8-4-5-9-16(15)20(22)25/h1-3,6-7,14-16,18H,4-5,8-12H2,(H,21,23). The van der Waals surface area contributed by atoms with Gasteiger partial charge in [0.1, 0.15) is 6.54 Å². The molecule has 4 rings (SSSR count). The van der Waals surface area contributed by atoms with Crippen molar-refractivity contribution in [2.45, 2.75) is 44.6 Å². The third kappa shape index (κ3) is 3.20. The molecular formula is C20H24N2O3. The van der Waals surface area contributed by atoms with E-state index < -0.39 is 0 Å². The van der Waals surface area contributed by atoms with E-state index in [1.807, 2.05) is 30.3 Å².